The fourth-order valence-corrected chi connectivity index (χ4v) is 2.95. The molecule has 0 saturated carbocycles. The first kappa shape index (κ1) is 20.2. The van der Waals surface area contributed by atoms with Crippen LogP contribution < -0.4 is 10.1 Å². The van der Waals surface area contributed by atoms with Crippen molar-refractivity contribution in [3.63, 3.8) is 0 Å². The van der Waals surface area contributed by atoms with Gasteiger partial charge in [-0.1, -0.05) is 24.3 Å². The third-order valence-corrected chi connectivity index (χ3v) is 4.55. The Kier molecular flexibility index (Phi) is 5.69. The van der Waals surface area contributed by atoms with Gasteiger partial charge in [0.15, 0.2) is 0 Å². The lowest BCUT2D eigenvalue weighted by Gasteiger charge is -2.04. The van der Waals surface area contributed by atoms with Crippen molar-refractivity contribution in [3.8, 4) is 17.0 Å². The molecule has 2 heterocycles. The van der Waals surface area contributed by atoms with Crippen LogP contribution in [0.2, 0.25) is 0 Å². The van der Waals surface area contributed by atoms with Gasteiger partial charge in [-0.2, -0.15) is 13.9 Å². The zero-order valence-electron chi connectivity index (χ0n) is 16.4. The summed E-state index contributed by atoms with van der Waals surface area (Å²) in [7, 11) is 0. The number of nitrogens with one attached hydrogen (secondary N) is 2. The van der Waals surface area contributed by atoms with Gasteiger partial charge in [0.05, 0.1) is 12.2 Å². The molecule has 31 heavy (non-hydrogen) atoms. The molecule has 2 aromatic heterocycles. The molecule has 158 valence electrons. The van der Waals surface area contributed by atoms with Crippen molar-refractivity contribution in [2.24, 2.45) is 0 Å². The molecule has 4 rings (SSSR count). The van der Waals surface area contributed by atoms with Crippen molar-refractivity contribution in [2.45, 2.75) is 20.1 Å². The average Bonchev–Trinajstić information content (AvgIpc) is 3.40. The van der Waals surface area contributed by atoms with Crippen LogP contribution in [-0.4, -0.2) is 37.5 Å². The highest BCUT2D eigenvalue weighted by Gasteiger charge is 2.14. The Morgan fingerprint density at radius 3 is 2.71 bits per heavy atom. The molecule has 0 aliphatic rings. The highest BCUT2D eigenvalue weighted by Crippen LogP contribution is 2.22. The summed E-state index contributed by atoms with van der Waals surface area (Å²) >= 11 is 0. The monoisotopic (exact) mass is 424 g/mol. The number of anilines is 1. The Hall–Kier alpha value is -4.08. The highest BCUT2D eigenvalue weighted by atomic mass is 19.3. The number of rotatable bonds is 7. The van der Waals surface area contributed by atoms with Crippen molar-refractivity contribution in [1.29, 1.82) is 0 Å². The van der Waals surface area contributed by atoms with Crippen LogP contribution in [0.3, 0.4) is 0 Å². The summed E-state index contributed by atoms with van der Waals surface area (Å²) in [5.41, 5.74) is 3.57. The number of nitrogens with zero attached hydrogens (tertiary/aromatic N) is 4. The number of H-pyrrole nitrogens is 1. The minimum Gasteiger partial charge on any atom is -0.435 e. The van der Waals surface area contributed by atoms with Crippen molar-refractivity contribution in [1.82, 2.24) is 25.0 Å². The van der Waals surface area contributed by atoms with Gasteiger partial charge in [0.2, 0.25) is 5.95 Å². The molecule has 0 aliphatic carbocycles. The van der Waals surface area contributed by atoms with Gasteiger partial charge in [0.25, 0.3) is 5.91 Å². The zero-order valence-corrected chi connectivity index (χ0v) is 16.4. The van der Waals surface area contributed by atoms with Gasteiger partial charge in [-0.25, -0.2) is 9.67 Å². The molecular weight excluding hydrogens is 406 g/mol. The molecule has 0 spiro atoms. The summed E-state index contributed by atoms with van der Waals surface area (Å²) in [6, 6.07) is 15.4. The molecule has 0 radical (unpaired) electrons. The number of benzene rings is 2. The van der Waals surface area contributed by atoms with Crippen LogP contribution in [0.15, 0.2) is 60.9 Å². The third-order valence-electron chi connectivity index (χ3n) is 4.55. The van der Waals surface area contributed by atoms with Crippen LogP contribution in [0.4, 0.5) is 14.7 Å². The quantitative estimate of drug-likeness (QED) is 0.469. The van der Waals surface area contributed by atoms with Gasteiger partial charge in [-0.15, -0.1) is 5.10 Å². The zero-order chi connectivity index (χ0) is 21.8. The van der Waals surface area contributed by atoms with E-state index in [0.29, 0.717) is 17.8 Å². The molecule has 1 amide bonds. The molecule has 0 fully saturated rings. The van der Waals surface area contributed by atoms with Gasteiger partial charge in [0.1, 0.15) is 17.8 Å². The van der Waals surface area contributed by atoms with Crippen molar-refractivity contribution in [3.05, 3.63) is 77.7 Å². The Balaban J connectivity index is 1.40. The number of aromatic amines is 1. The predicted octanol–water partition coefficient (Wildman–Crippen LogP) is 3.88. The topological polar surface area (TPSA) is 97.7 Å². The van der Waals surface area contributed by atoms with Crippen LogP contribution in [0, 0.1) is 6.92 Å². The predicted molar refractivity (Wildman–Crippen MR) is 109 cm³/mol. The van der Waals surface area contributed by atoms with Crippen molar-refractivity contribution in [2.75, 3.05) is 5.32 Å². The largest absolute Gasteiger partial charge is 0.435 e. The highest BCUT2D eigenvalue weighted by molar-refractivity contribution is 6.02. The smallest absolute Gasteiger partial charge is 0.387 e. The fourth-order valence-electron chi connectivity index (χ4n) is 2.95. The summed E-state index contributed by atoms with van der Waals surface area (Å²) in [4.78, 5) is 16.6. The van der Waals surface area contributed by atoms with Gasteiger partial charge in [0, 0.05) is 5.56 Å². The first-order chi connectivity index (χ1) is 15.0. The number of hydrogen-bond donors (Lipinski definition) is 2. The number of amides is 1. The van der Waals surface area contributed by atoms with E-state index in [0.717, 1.165) is 11.1 Å². The van der Waals surface area contributed by atoms with Crippen molar-refractivity contribution < 1.29 is 18.3 Å². The molecule has 4 aromatic rings. The summed E-state index contributed by atoms with van der Waals surface area (Å²) in [6.45, 7) is -0.334. The number of ether oxygens (including phenoxy) is 1. The van der Waals surface area contributed by atoms with Crippen LogP contribution in [0.5, 0.6) is 5.75 Å². The lowest BCUT2D eigenvalue weighted by molar-refractivity contribution is -0.0498. The van der Waals surface area contributed by atoms with Gasteiger partial charge in [-0.05, 0) is 48.4 Å². The van der Waals surface area contributed by atoms with E-state index in [1.807, 2.05) is 31.2 Å². The maximum absolute atomic E-state index is 12.5. The number of halogens is 2. The lowest BCUT2D eigenvalue weighted by atomic mass is 10.1. The summed E-state index contributed by atoms with van der Waals surface area (Å²) in [5, 5.41) is 13.6. The van der Waals surface area contributed by atoms with E-state index in [1.54, 1.807) is 29.2 Å². The molecule has 0 bridgehead atoms. The maximum atomic E-state index is 12.5. The van der Waals surface area contributed by atoms with E-state index in [1.165, 1.54) is 12.1 Å². The van der Waals surface area contributed by atoms with Crippen molar-refractivity contribution >= 4 is 11.9 Å². The van der Waals surface area contributed by atoms with Crippen LogP contribution in [0.1, 0.15) is 21.6 Å². The van der Waals surface area contributed by atoms with Crippen LogP contribution in [0.25, 0.3) is 11.3 Å². The second kappa shape index (κ2) is 8.74. The SMILES string of the molecule is Cc1ccccc1Cn1cnc(NC(=O)c2cc(-c3ccc(OC(F)F)cc3)n[nH]2)n1. The van der Waals surface area contributed by atoms with Gasteiger partial charge < -0.3 is 4.74 Å². The molecule has 0 aliphatic heterocycles. The number of aromatic nitrogens is 5. The van der Waals surface area contributed by atoms with E-state index >= 15 is 0 Å². The minimum atomic E-state index is -2.89. The average molecular weight is 424 g/mol. The Labute approximate surface area is 175 Å². The Morgan fingerprint density at radius 1 is 1.19 bits per heavy atom. The van der Waals surface area contributed by atoms with Gasteiger partial charge >= 0.3 is 6.61 Å². The molecule has 2 aromatic carbocycles. The fraction of sp³-hybridized carbons (Fsp3) is 0.143. The van der Waals surface area contributed by atoms with E-state index in [9.17, 15) is 13.6 Å². The number of carbonyl (C=O) groups excluding carboxylic acids is 1. The molecule has 0 unspecified atom stereocenters. The molecule has 2 N–H and O–H groups in total. The number of alkyl halides is 2. The normalized spacial score (nSPS) is 11.0. The van der Waals surface area contributed by atoms with E-state index in [2.05, 4.69) is 30.3 Å². The summed E-state index contributed by atoms with van der Waals surface area (Å²) in [6.07, 6.45) is 1.55. The van der Waals surface area contributed by atoms with E-state index in [-0.39, 0.29) is 17.4 Å². The first-order valence-corrected chi connectivity index (χ1v) is 9.34. The summed E-state index contributed by atoms with van der Waals surface area (Å²) < 4.78 is 30.5. The van der Waals surface area contributed by atoms with E-state index in [4.69, 9.17) is 0 Å². The first-order valence-electron chi connectivity index (χ1n) is 9.34. The standard InChI is InChI=1S/C21H18F2N6O2/c1-13-4-2-3-5-15(13)11-29-12-24-21(28-29)25-19(30)18-10-17(26-27-18)14-6-8-16(9-7-14)31-20(22)23/h2-10,12,20H,11H2,1H3,(H,26,27)(H,25,28,30). The third kappa shape index (κ3) is 4.92. The van der Waals surface area contributed by atoms with E-state index < -0.39 is 12.5 Å². The number of hydrogen-bond acceptors (Lipinski definition) is 5. The van der Waals surface area contributed by atoms with Crippen LogP contribution in [-0.2, 0) is 6.54 Å². The number of carbonyl (C=O) groups is 1. The summed E-state index contributed by atoms with van der Waals surface area (Å²) in [5.74, 6) is -0.243. The molecule has 0 atom stereocenters. The second-order valence-electron chi connectivity index (χ2n) is 6.72. The number of aryl methyl sites for hydroxylation is 1. The molecular formula is C21H18F2N6O2. The second-order valence-corrected chi connectivity index (χ2v) is 6.72. The Morgan fingerprint density at radius 2 is 1.97 bits per heavy atom. The Bertz CT molecular complexity index is 1190. The maximum Gasteiger partial charge on any atom is 0.387 e. The lowest BCUT2D eigenvalue weighted by Crippen LogP contribution is -2.14. The minimum absolute atomic E-state index is 0.0413. The molecule has 8 nitrogen and oxygen atoms in total. The molecule has 10 heteroatoms. The van der Waals surface area contributed by atoms with Crippen LogP contribution >= 0.6 is 0 Å². The molecule has 0 saturated heterocycles. The van der Waals surface area contributed by atoms with Gasteiger partial charge in [-0.3, -0.25) is 15.2 Å².